The lowest BCUT2D eigenvalue weighted by Crippen LogP contribution is -2.42. The van der Waals surface area contributed by atoms with Gasteiger partial charge in [0.05, 0.1) is 5.92 Å². The topological polar surface area (TPSA) is 38.3 Å². The number of benzene rings is 1. The normalized spacial score (nSPS) is 21.6. The molecule has 0 bridgehead atoms. The van der Waals surface area contributed by atoms with Crippen LogP contribution in [0.2, 0.25) is 0 Å². The minimum Gasteiger partial charge on any atom is -0.435 e. The Balaban J connectivity index is 1.92. The van der Waals surface area contributed by atoms with Gasteiger partial charge in [-0.15, -0.1) is 0 Å². The van der Waals surface area contributed by atoms with Crippen molar-refractivity contribution in [3.8, 4) is 5.75 Å². The third-order valence-electron chi connectivity index (χ3n) is 4.14. The van der Waals surface area contributed by atoms with E-state index in [1.54, 1.807) is 0 Å². The van der Waals surface area contributed by atoms with Crippen molar-refractivity contribution in [1.82, 2.24) is 5.32 Å². The van der Waals surface area contributed by atoms with E-state index in [1.807, 2.05) is 0 Å². The molecule has 24 heavy (non-hydrogen) atoms. The van der Waals surface area contributed by atoms with Crippen LogP contribution in [0, 0.1) is 11.8 Å². The molecule has 1 aromatic rings. The molecule has 1 fully saturated rings. The molecule has 2 atom stereocenters. The first-order valence-corrected chi connectivity index (χ1v) is 7.65. The molecule has 2 unspecified atom stereocenters. The van der Waals surface area contributed by atoms with E-state index in [-0.39, 0.29) is 25.1 Å². The Kier molecular flexibility index (Phi) is 6.01. The smallest absolute Gasteiger partial charge is 0.392 e. The lowest BCUT2D eigenvalue weighted by atomic mass is 9.78. The van der Waals surface area contributed by atoms with Crippen LogP contribution in [0.4, 0.5) is 22.0 Å². The zero-order valence-electron chi connectivity index (χ0n) is 12.8. The molecule has 0 aliphatic heterocycles. The molecule has 0 heterocycles. The average Bonchev–Trinajstić information content (AvgIpc) is 2.52. The molecule has 0 aromatic heterocycles. The van der Waals surface area contributed by atoms with Gasteiger partial charge in [-0.25, -0.2) is 0 Å². The molecule has 0 spiro atoms. The summed E-state index contributed by atoms with van der Waals surface area (Å²) in [7, 11) is 0. The Morgan fingerprint density at radius 2 is 1.79 bits per heavy atom. The molecule has 1 aliphatic carbocycles. The predicted octanol–water partition coefficient (Wildman–Crippen LogP) is 4.27. The summed E-state index contributed by atoms with van der Waals surface area (Å²) in [4.78, 5) is 12.1. The van der Waals surface area contributed by atoms with Crippen molar-refractivity contribution < 1.29 is 31.5 Å². The van der Waals surface area contributed by atoms with E-state index in [2.05, 4.69) is 10.1 Å². The summed E-state index contributed by atoms with van der Waals surface area (Å²) in [5, 5.41) is 2.50. The third-order valence-corrected chi connectivity index (χ3v) is 4.14. The summed E-state index contributed by atoms with van der Waals surface area (Å²) in [5.74, 6) is -3.32. The highest BCUT2D eigenvalue weighted by Crippen LogP contribution is 2.41. The van der Waals surface area contributed by atoms with Crippen molar-refractivity contribution in [2.75, 3.05) is 0 Å². The van der Waals surface area contributed by atoms with E-state index in [0.29, 0.717) is 18.4 Å². The van der Waals surface area contributed by atoms with Gasteiger partial charge in [0.2, 0.25) is 5.91 Å². The number of rotatable bonds is 5. The third kappa shape index (κ3) is 5.07. The summed E-state index contributed by atoms with van der Waals surface area (Å²) in [6, 6.07) is 5.57. The Hall–Kier alpha value is -1.86. The second kappa shape index (κ2) is 7.81. The van der Waals surface area contributed by atoms with Crippen LogP contribution in [0.15, 0.2) is 24.3 Å². The van der Waals surface area contributed by atoms with Crippen molar-refractivity contribution >= 4 is 5.91 Å². The number of ether oxygens (including phenoxy) is 1. The SMILES string of the molecule is O=C(NCc1ccc(OC(F)F)cc1)C1CCCCC1C(F)(F)F. The Bertz CT molecular complexity index is 544. The van der Waals surface area contributed by atoms with Gasteiger partial charge < -0.3 is 10.1 Å². The van der Waals surface area contributed by atoms with Gasteiger partial charge in [0.15, 0.2) is 0 Å². The van der Waals surface area contributed by atoms with Gasteiger partial charge in [0.1, 0.15) is 5.75 Å². The number of carbonyl (C=O) groups is 1. The summed E-state index contributed by atoms with van der Waals surface area (Å²) >= 11 is 0. The lowest BCUT2D eigenvalue weighted by molar-refractivity contribution is -0.198. The molecule has 134 valence electrons. The largest absolute Gasteiger partial charge is 0.435 e. The fourth-order valence-corrected chi connectivity index (χ4v) is 2.95. The number of nitrogens with one attached hydrogen (secondary N) is 1. The van der Waals surface area contributed by atoms with E-state index in [1.165, 1.54) is 24.3 Å². The number of amides is 1. The zero-order valence-corrected chi connectivity index (χ0v) is 12.8. The maximum atomic E-state index is 13.0. The standard InChI is InChI=1S/C16H18F5NO2/c17-15(18)24-11-7-5-10(6-8-11)9-22-14(23)12-3-1-2-4-13(12)16(19,20)21/h5-8,12-13,15H,1-4,9H2,(H,22,23). The van der Waals surface area contributed by atoms with Crippen molar-refractivity contribution in [3.05, 3.63) is 29.8 Å². The summed E-state index contributed by atoms with van der Waals surface area (Å²) in [5.41, 5.74) is 0.587. The van der Waals surface area contributed by atoms with Crippen molar-refractivity contribution in [1.29, 1.82) is 0 Å². The maximum absolute atomic E-state index is 13.0. The van der Waals surface area contributed by atoms with Crippen LogP contribution >= 0.6 is 0 Å². The van der Waals surface area contributed by atoms with E-state index in [9.17, 15) is 26.7 Å². The van der Waals surface area contributed by atoms with E-state index < -0.39 is 30.5 Å². The van der Waals surface area contributed by atoms with Crippen LogP contribution < -0.4 is 10.1 Å². The Labute approximate surface area is 136 Å². The summed E-state index contributed by atoms with van der Waals surface area (Å²) in [6.45, 7) is -2.89. The second-order valence-electron chi connectivity index (χ2n) is 5.78. The molecule has 2 rings (SSSR count). The lowest BCUT2D eigenvalue weighted by Gasteiger charge is -2.32. The van der Waals surface area contributed by atoms with Gasteiger partial charge in [0, 0.05) is 12.5 Å². The monoisotopic (exact) mass is 351 g/mol. The first-order chi connectivity index (χ1) is 11.3. The fourth-order valence-electron chi connectivity index (χ4n) is 2.95. The van der Waals surface area contributed by atoms with Gasteiger partial charge in [-0.2, -0.15) is 22.0 Å². The summed E-state index contributed by atoms with van der Waals surface area (Å²) in [6.07, 6.45) is -3.11. The number of hydrogen-bond acceptors (Lipinski definition) is 2. The molecule has 0 radical (unpaired) electrons. The molecule has 1 aliphatic rings. The van der Waals surface area contributed by atoms with Crippen LogP contribution in [-0.4, -0.2) is 18.7 Å². The molecule has 1 aromatic carbocycles. The van der Waals surface area contributed by atoms with Crippen molar-refractivity contribution in [2.24, 2.45) is 11.8 Å². The van der Waals surface area contributed by atoms with E-state index in [0.717, 1.165) is 0 Å². The maximum Gasteiger partial charge on any atom is 0.392 e. The zero-order chi connectivity index (χ0) is 17.7. The van der Waals surface area contributed by atoms with Gasteiger partial charge in [0.25, 0.3) is 0 Å². The number of carbonyl (C=O) groups excluding carboxylic acids is 1. The molecular formula is C16H18F5NO2. The quantitative estimate of drug-likeness (QED) is 0.805. The highest BCUT2D eigenvalue weighted by molar-refractivity contribution is 5.79. The van der Waals surface area contributed by atoms with Gasteiger partial charge in [-0.3, -0.25) is 4.79 Å². The first kappa shape index (κ1) is 18.5. The number of hydrogen-bond donors (Lipinski definition) is 1. The highest BCUT2D eigenvalue weighted by atomic mass is 19.4. The Morgan fingerprint density at radius 3 is 2.38 bits per heavy atom. The minimum absolute atomic E-state index is 0.0236. The molecule has 0 saturated heterocycles. The fraction of sp³-hybridized carbons (Fsp3) is 0.562. The van der Waals surface area contributed by atoms with Crippen LogP contribution in [0.1, 0.15) is 31.2 Å². The van der Waals surface area contributed by atoms with Crippen LogP contribution in [-0.2, 0) is 11.3 Å². The first-order valence-electron chi connectivity index (χ1n) is 7.65. The van der Waals surface area contributed by atoms with Crippen molar-refractivity contribution in [2.45, 2.75) is 45.0 Å². The number of halogens is 5. The van der Waals surface area contributed by atoms with Crippen LogP contribution in [0.5, 0.6) is 5.75 Å². The predicted molar refractivity (Wildman–Crippen MR) is 76.4 cm³/mol. The highest BCUT2D eigenvalue weighted by Gasteiger charge is 2.47. The van der Waals surface area contributed by atoms with E-state index >= 15 is 0 Å². The van der Waals surface area contributed by atoms with Gasteiger partial charge in [-0.05, 0) is 30.5 Å². The molecular weight excluding hydrogens is 333 g/mol. The molecule has 1 N–H and O–H groups in total. The van der Waals surface area contributed by atoms with Gasteiger partial charge >= 0.3 is 12.8 Å². The number of alkyl halides is 5. The minimum atomic E-state index is -4.38. The molecule has 1 saturated carbocycles. The van der Waals surface area contributed by atoms with Crippen LogP contribution in [0.25, 0.3) is 0 Å². The second-order valence-corrected chi connectivity index (χ2v) is 5.78. The molecule has 8 heteroatoms. The van der Waals surface area contributed by atoms with E-state index in [4.69, 9.17) is 0 Å². The molecule has 1 amide bonds. The van der Waals surface area contributed by atoms with Crippen LogP contribution in [0.3, 0.4) is 0 Å². The molecule has 3 nitrogen and oxygen atoms in total. The van der Waals surface area contributed by atoms with Gasteiger partial charge in [-0.1, -0.05) is 25.0 Å². The average molecular weight is 351 g/mol. The summed E-state index contributed by atoms with van der Waals surface area (Å²) < 4.78 is 67.3. The Morgan fingerprint density at radius 1 is 1.17 bits per heavy atom. The van der Waals surface area contributed by atoms with Crippen molar-refractivity contribution in [3.63, 3.8) is 0 Å².